The minimum absolute atomic E-state index is 0.00278. The highest BCUT2D eigenvalue weighted by molar-refractivity contribution is 7.89. The van der Waals surface area contributed by atoms with Gasteiger partial charge < -0.3 is 25.2 Å². The number of amides is 1. The quantitative estimate of drug-likeness (QED) is 0.355. The van der Waals surface area contributed by atoms with E-state index in [1.807, 2.05) is 0 Å². The molecule has 1 aromatic carbocycles. The molecular formula is C14H17N3O7S. The number of primary sulfonamides is 1. The van der Waals surface area contributed by atoms with E-state index in [4.69, 9.17) is 10.2 Å². The summed E-state index contributed by atoms with van der Waals surface area (Å²) < 4.78 is 27.2. The number of aliphatic hydroxyl groups is 1. The van der Waals surface area contributed by atoms with Gasteiger partial charge in [-0.15, -0.1) is 0 Å². The minimum Gasteiger partial charge on any atom is -0.506 e. The number of methoxy groups -OCH3 is 1. The lowest BCUT2D eigenvalue weighted by Gasteiger charge is -2.15. The Morgan fingerprint density at radius 3 is 2.64 bits per heavy atom. The third-order valence-corrected chi connectivity index (χ3v) is 4.42. The van der Waals surface area contributed by atoms with E-state index in [0.29, 0.717) is 0 Å². The number of nitrogens with zero attached hydrogens (tertiary/aromatic N) is 1. The van der Waals surface area contributed by atoms with Crippen LogP contribution in [0.25, 0.3) is 0 Å². The third kappa shape index (κ3) is 3.90. The molecule has 2 rings (SSSR count). The zero-order valence-corrected chi connectivity index (χ0v) is 14.0. The molecule has 0 bridgehead atoms. The van der Waals surface area contributed by atoms with Gasteiger partial charge in [0.15, 0.2) is 0 Å². The van der Waals surface area contributed by atoms with E-state index in [9.17, 15) is 23.1 Å². The van der Waals surface area contributed by atoms with E-state index >= 15 is 0 Å². The zero-order valence-electron chi connectivity index (χ0n) is 13.2. The largest absolute Gasteiger partial charge is 0.506 e. The second-order valence-corrected chi connectivity index (χ2v) is 6.71. The number of benzene rings is 1. The molecule has 0 atom stereocenters. The Balaban J connectivity index is 2.38. The van der Waals surface area contributed by atoms with Crippen molar-refractivity contribution in [2.45, 2.75) is 4.90 Å². The van der Waals surface area contributed by atoms with Crippen LogP contribution in [0.15, 0.2) is 34.4 Å². The van der Waals surface area contributed by atoms with E-state index in [-0.39, 0.29) is 41.5 Å². The first-order valence-electron chi connectivity index (χ1n) is 7.03. The number of esters is 1. The number of β-amino-alcohol motifs (C(OH)–C–C–N with tert-alkyl or cyclic N) is 1. The fraction of sp³-hybridized carbons (Fsp3) is 0.286. The molecule has 25 heavy (non-hydrogen) atoms. The van der Waals surface area contributed by atoms with Crippen molar-refractivity contribution in [2.75, 3.05) is 32.1 Å². The van der Waals surface area contributed by atoms with Gasteiger partial charge in [0.05, 0.1) is 36.4 Å². The smallest absolute Gasteiger partial charge is 0.337 e. The predicted octanol–water partition coefficient (Wildman–Crippen LogP) is -1.29. The first-order chi connectivity index (χ1) is 11.7. The highest BCUT2D eigenvalue weighted by Gasteiger charge is 2.34. The first-order valence-corrected chi connectivity index (χ1v) is 8.58. The van der Waals surface area contributed by atoms with Gasteiger partial charge in [-0.1, -0.05) is 0 Å². The Kier molecular flexibility index (Phi) is 5.30. The van der Waals surface area contributed by atoms with Crippen molar-refractivity contribution in [3.63, 3.8) is 0 Å². The summed E-state index contributed by atoms with van der Waals surface area (Å²) in [5.41, 5.74) is -0.0992. The van der Waals surface area contributed by atoms with Crippen molar-refractivity contribution in [2.24, 2.45) is 5.14 Å². The van der Waals surface area contributed by atoms with Crippen LogP contribution in [0.1, 0.15) is 0 Å². The molecule has 0 aliphatic carbocycles. The van der Waals surface area contributed by atoms with Gasteiger partial charge in [-0.05, 0) is 12.1 Å². The van der Waals surface area contributed by atoms with E-state index in [1.165, 1.54) is 11.0 Å². The summed E-state index contributed by atoms with van der Waals surface area (Å²) in [5.74, 6) is -1.78. The molecule has 0 saturated carbocycles. The Hall–Kier alpha value is -2.63. The average Bonchev–Trinajstić information content (AvgIpc) is 2.85. The number of sulfonamides is 1. The number of ether oxygens (including phenoxy) is 1. The molecule has 0 unspecified atom stereocenters. The molecule has 0 saturated heterocycles. The van der Waals surface area contributed by atoms with Gasteiger partial charge in [0, 0.05) is 12.6 Å². The first kappa shape index (κ1) is 18.7. The van der Waals surface area contributed by atoms with Crippen LogP contribution >= 0.6 is 0 Å². The number of rotatable bonds is 6. The highest BCUT2D eigenvalue weighted by Crippen LogP contribution is 2.30. The Morgan fingerprint density at radius 2 is 2.12 bits per heavy atom. The van der Waals surface area contributed by atoms with Crippen LogP contribution in [0.2, 0.25) is 0 Å². The molecule has 1 aliphatic rings. The fourth-order valence-electron chi connectivity index (χ4n) is 2.28. The second-order valence-electron chi connectivity index (χ2n) is 5.14. The monoisotopic (exact) mass is 371 g/mol. The van der Waals surface area contributed by atoms with Crippen molar-refractivity contribution in [1.82, 2.24) is 4.90 Å². The van der Waals surface area contributed by atoms with Gasteiger partial charge in [-0.3, -0.25) is 4.79 Å². The number of carbonyl (C=O) groups is 2. The number of phenols is 1. The molecule has 136 valence electrons. The van der Waals surface area contributed by atoms with Crippen molar-refractivity contribution < 1.29 is 33.0 Å². The number of nitrogens with two attached hydrogens (primary N) is 1. The third-order valence-electron chi connectivity index (χ3n) is 3.51. The minimum atomic E-state index is -4.00. The summed E-state index contributed by atoms with van der Waals surface area (Å²) in [6, 6.07) is 3.26. The molecule has 0 radical (unpaired) electrons. The number of aliphatic hydroxyl groups excluding tert-OH is 1. The molecule has 11 heteroatoms. The van der Waals surface area contributed by atoms with Crippen molar-refractivity contribution in [3.8, 4) is 5.75 Å². The van der Waals surface area contributed by atoms with Crippen LogP contribution in [0, 0.1) is 0 Å². The maximum Gasteiger partial charge on any atom is 0.337 e. The SMILES string of the molecule is COC(=O)C1=C(Nc2ccc(S(N)(=O)=O)cc2O)C(=O)N(CCO)C1. The molecule has 10 nitrogen and oxygen atoms in total. The van der Waals surface area contributed by atoms with E-state index < -0.39 is 27.6 Å². The highest BCUT2D eigenvalue weighted by atomic mass is 32.2. The summed E-state index contributed by atoms with van der Waals surface area (Å²) in [6.07, 6.45) is 0. The number of hydrogen-bond donors (Lipinski definition) is 4. The number of nitrogens with one attached hydrogen (secondary N) is 1. The summed E-state index contributed by atoms with van der Waals surface area (Å²) in [4.78, 5) is 25.1. The summed E-state index contributed by atoms with van der Waals surface area (Å²) >= 11 is 0. The zero-order chi connectivity index (χ0) is 18.8. The standard InChI is InChI=1S/C14H17N3O7S/c1-24-14(21)9-7-17(4-5-18)13(20)12(9)16-10-3-2-8(6-11(10)19)25(15,22)23/h2-3,6,16,18-19H,4-5,7H2,1H3,(H2,15,22,23). The van der Waals surface area contributed by atoms with E-state index in [2.05, 4.69) is 10.1 Å². The maximum absolute atomic E-state index is 12.4. The lowest BCUT2D eigenvalue weighted by atomic mass is 10.2. The van der Waals surface area contributed by atoms with Crippen LogP contribution in [0.3, 0.4) is 0 Å². The number of aromatic hydroxyl groups is 1. The lowest BCUT2D eigenvalue weighted by molar-refractivity contribution is -0.136. The Morgan fingerprint density at radius 1 is 1.44 bits per heavy atom. The molecule has 0 spiro atoms. The molecule has 5 N–H and O–H groups in total. The van der Waals surface area contributed by atoms with Gasteiger partial charge in [0.25, 0.3) is 5.91 Å². The Labute approximate surface area is 143 Å². The van der Waals surface area contributed by atoms with Gasteiger partial charge in [0.1, 0.15) is 11.4 Å². The molecule has 1 amide bonds. The van der Waals surface area contributed by atoms with Gasteiger partial charge in [0.2, 0.25) is 10.0 Å². The summed E-state index contributed by atoms with van der Waals surface area (Å²) in [5, 5.41) is 26.6. The van der Waals surface area contributed by atoms with Crippen molar-refractivity contribution >= 4 is 27.6 Å². The second kappa shape index (κ2) is 7.09. The van der Waals surface area contributed by atoms with Crippen LogP contribution < -0.4 is 10.5 Å². The van der Waals surface area contributed by atoms with Crippen LogP contribution in [0.5, 0.6) is 5.75 Å². The fourth-order valence-corrected chi connectivity index (χ4v) is 2.81. The lowest BCUT2D eigenvalue weighted by Crippen LogP contribution is -2.31. The number of anilines is 1. The van der Waals surface area contributed by atoms with Crippen LogP contribution in [-0.4, -0.2) is 62.2 Å². The average molecular weight is 371 g/mol. The van der Waals surface area contributed by atoms with E-state index in [1.54, 1.807) is 0 Å². The van der Waals surface area contributed by atoms with Crippen LogP contribution in [0.4, 0.5) is 5.69 Å². The molecule has 1 heterocycles. The van der Waals surface area contributed by atoms with Gasteiger partial charge in [-0.25, -0.2) is 18.4 Å². The van der Waals surface area contributed by atoms with Gasteiger partial charge in [-0.2, -0.15) is 0 Å². The number of carbonyl (C=O) groups excluding carboxylic acids is 2. The number of hydrogen-bond acceptors (Lipinski definition) is 8. The molecular weight excluding hydrogens is 354 g/mol. The Bertz CT molecular complexity index is 848. The van der Waals surface area contributed by atoms with E-state index in [0.717, 1.165) is 19.2 Å². The molecule has 0 fully saturated rings. The topological polar surface area (TPSA) is 159 Å². The predicted molar refractivity (Wildman–Crippen MR) is 85.8 cm³/mol. The molecule has 1 aliphatic heterocycles. The molecule has 1 aromatic rings. The summed E-state index contributed by atoms with van der Waals surface area (Å²) in [7, 11) is -2.84. The van der Waals surface area contributed by atoms with Crippen LogP contribution in [-0.2, 0) is 24.3 Å². The normalized spacial score (nSPS) is 14.8. The van der Waals surface area contributed by atoms with Gasteiger partial charge >= 0.3 is 5.97 Å². The molecule has 0 aromatic heterocycles. The number of phenolic OH excluding ortho intramolecular Hbond substituents is 1. The van der Waals surface area contributed by atoms with Crippen molar-refractivity contribution in [1.29, 1.82) is 0 Å². The summed E-state index contributed by atoms with van der Waals surface area (Å²) in [6.45, 7) is -0.340. The maximum atomic E-state index is 12.4. The van der Waals surface area contributed by atoms with Crippen molar-refractivity contribution in [3.05, 3.63) is 29.5 Å².